The van der Waals surface area contributed by atoms with Crippen LogP contribution in [0.1, 0.15) is 52.7 Å². The monoisotopic (exact) mass is 696 g/mol. The molecule has 5 rings (SSSR count). The number of aromatic nitrogens is 3. The van der Waals surface area contributed by atoms with E-state index in [1.54, 1.807) is 13.8 Å². The second kappa shape index (κ2) is 12.2. The number of carboxylic acid groups (broad SMARTS) is 1. The molecule has 0 saturated carbocycles. The normalized spacial score (nSPS) is 14.5. The molecule has 4 aromatic rings. The van der Waals surface area contributed by atoms with Crippen molar-refractivity contribution >= 4 is 37.4 Å². The zero-order chi connectivity index (χ0) is 32.6. The molecule has 2 heterocycles. The molecule has 2 aromatic carbocycles. The first kappa shape index (κ1) is 32.9. The highest BCUT2D eigenvalue weighted by molar-refractivity contribution is 9.10. The van der Waals surface area contributed by atoms with E-state index in [0.29, 0.717) is 23.0 Å². The van der Waals surface area contributed by atoms with Gasteiger partial charge in [0.25, 0.3) is 0 Å². The van der Waals surface area contributed by atoms with Crippen LogP contribution in [-0.4, -0.2) is 58.9 Å². The average molecular weight is 698 g/mol. The SMILES string of the molecule is C[C@H](Oc1cc(C(=O)O)ncc1Br)C(F)(F)F.Cc1nc(C(C)(CS(C)(=O)=O)c2ccc3c(c2N)Cc2ccccc2-3)no1. The minimum Gasteiger partial charge on any atom is -0.480 e. The quantitative estimate of drug-likeness (QED) is 0.201. The van der Waals surface area contributed by atoms with E-state index in [1.807, 2.05) is 24.3 Å². The third kappa shape index (κ3) is 7.04. The number of sulfone groups is 1. The molecule has 0 aliphatic heterocycles. The zero-order valence-electron chi connectivity index (χ0n) is 23.9. The van der Waals surface area contributed by atoms with Crippen LogP contribution in [0.25, 0.3) is 11.1 Å². The lowest BCUT2D eigenvalue weighted by Gasteiger charge is -2.28. The Hall–Kier alpha value is -3.98. The summed E-state index contributed by atoms with van der Waals surface area (Å²) >= 11 is 2.93. The molecule has 1 aliphatic rings. The van der Waals surface area contributed by atoms with Crippen molar-refractivity contribution in [2.24, 2.45) is 0 Å². The first-order chi connectivity index (χ1) is 20.4. The molecule has 0 saturated heterocycles. The number of ether oxygens (including phenoxy) is 1. The Balaban J connectivity index is 0.000000225. The molecule has 2 aromatic heterocycles. The average Bonchev–Trinajstić information content (AvgIpc) is 3.53. The molecular formula is C29H28BrF3N4O6S. The molecular weight excluding hydrogens is 669 g/mol. The Morgan fingerprint density at radius 2 is 1.89 bits per heavy atom. The van der Waals surface area contributed by atoms with Gasteiger partial charge in [-0.15, -0.1) is 0 Å². The Kier molecular flexibility index (Phi) is 9.12. The van der Waals surface area contributed by atoms with E-state index >= 15 is 0 Å². The molecule has 3 N–H and O–H groups in total. The van der Waals surface area contributed by atoms with E-state index in [2.05, 4.69) is 47.9 Å². The summed E-state index contributed by atoms with van der Waals surface area (Å²) in [4.78, 5) is 18.4. The zero-order valence-corrected chi connectivity index (χ0v) is 26.3. The van der Waals surface area contributed by atoms with Crippen LogP contribution in [0.4, 0.5) is 18.9 Å². The molecule has 0 spiro atoms. The van der Waals surface area contributed by atoms with Gasteiger partial charge in [-0.1, -0.05) is 41.6 Å². The van der Waals surface area contributed by atoms with E-state index in [9.17, 15) is 26.4 Å². The number of fused-ring (bicyclic) bond motifs is 3. The van der Waals surface area contributed by atoms with Crippen molar-refractivity contribution in [3.8, 4) is 16.9 Å². The number of nitrogens with two attached hydrogens (primary N) is 1. The molecule has 0 fully saturated rings. The highest BCUT2D eigenvalue weighted by Crippen LogP contribution is 2.44. The van der Waals surface area contributed by atoms with Crippen molar-refractivity contribution in [1.82, 2.24) is 15.1 Å². The summed E-state index contributed by atoms with van der Waals surface area (Å²) in [6.45, 7) is 4.31. The Labute approximate surface area is 259 Å². The van der Waals surface area contributed by atoms with Gasteiger partial charge in [-0.05, 0) is 57.6 Å². The maximum atomic E-state index is 12.3. The van der Waals surface area contributed by atoms with Gasteiger partial charge in [-0.25, -0.2) is 18.2 Å². The topological polar surface area (TPSA) is 158 Å². The van der Waals surface area contributed by atoms with E-state index < -0.39 is 39.2 Å². The lowest BCUT2D eigenvalue weighted by molar-refractivity contribution is -0.189. The van der Waals surface area contributed by atoms with Crippen molar-refractivity contribution < 1.29 is 40.8 Å². The van der Waals surface area contributed by atoms with Gasteiger partial charge in [-0.2, -0.15) is 18.2 Å². The Morgan fingerprint density at radius 3 is 2.48 bits per heavy atom. The van der Waals surface area contributed by atoms with Gasteiger partial charge in [0.1, 0.15) is 15.6 Å². The van der Waals surface area contributed by atoms with Crippen LogP contribution in [0.5, 0.6) is 5.75 Å². The van der Waals surface area contributed by atoms with Gasteiger partial charge in [0.2, 0.25) is 5.89 Å². The molecule has 44 heavy (non-hydrogen) atoms. The number of pyridine rings is 1. The molecule has 1 unspecified atom stereocenters. The van der Waals surface area contributed by atoms with E-state index in [0.717, 1.165) is 36.7 Å². The minimum atomic E-state index is -4.52. The van der Waals surface area contributed by atoms with Gasteiger partial charge in [0.05, 0.1) is 15.6 Å². The first-order valence-electron chi connectivity index (χ1n) is 13.0. The Morgan fingerprint density at radius 1 is 1.20 bits per heavy atom. The predicted molar refractivity (Wildman–Crippen MR) is 159 cm³/mol. The van der Waals surface area contributed by atoms with Crippen LogP contribution in [0, 0.1) is 6.92 Å². The molecule has 0 radical (unpaired) electrons. The number of rotatable bonds is 7. The number of carbonyl (C=O) groups is 1. The minimum absolute atomic E-state index is 0.151. The van der Waals surface area contributed by atoms with E-state index in [4.69, 9.17) is 15.4 Å². The van der Waals surface area contributed by atoms with Crippen molar-refractivity contribution in [1.29, 1.82) is 0 Å². The van der Waals surface area contributed by atoms with Gasteiger partial charge in [-0.3, -0.25) is 0 Å². The summed E-state index contributed by atoms with van der Waals surface area (Å²) in [5.41, 5.74) is 11.0. The number of aromatic carboxylic acids is 1. The number of halogens is 4. The molecule has 10 nitrogen and oxygen atoms in total. The highest BCUT2D eigenvalue weighted by Gasteiger charge is 2.40. The summed E-state index contributed by atoms with van der Waals surface area (Å²) in [5.74, 6) is -1.01. The molecule has 1 aliphatic carbocycles. The number of benzene rings is 2. The van der Waals surface area contributed by atoms with E-state index in [-0.39, 0.29) is 16.0 Å². The van der Waals surface area contributed by atoms with Crippen LogP contribution in [0.15, 0.2) is 57.7 Å². The molecule has 0 bridgehead atoms. The number of aryl methyl sites for hydroxylation is 1. The third-order valence-corrected chi connectivity index (χ3v) is 8.70. The van der Waals surface area contributed by atoms with Gasteiger partial charge in [0, 0.05) is 37.6 Å². The maximum Gasteiger partial charge on any atom is 0.425 e. The van der Waals surface area contributed by atoms with Crippen LogP contribution in [-0.2, 0) is 21.7 Å². The van der Waals surface area contributed by atoms with Crippen LogP contribution >= 0.6 is 15.9 Å². The summed E-state index contributed by atoms with van der Waals surface area (Å²) in [5, 5.41) is 12.7. The lowest BCUT2D eigenvalue weighted by atomic mass is 9.80. The number of nitrogen functional groups attached to an aromatic ring is 1. The fourth-order valence-electron chi connectivity index (χ4n) is 4.91. The van der Waals surface area contributed by atoms with Gasteiger partial charge in [0.15, 0.2) is 17.6 Å². The standard InChI is InChI=1S/C20H21N3O3S.C9H7BrF3NO3/c1-12-22-19(23-26-12)20(2,11-27(3,24)25)17-9-8-15-14-7-5-4-6-13(14)10-16(15)18(17)21;1-4(9(11,12)13)17-7-2-6(8(15)16)14-3-5(7)10/h4-9H,10-11,21H2,1-3H3;2-4H,1H3,(H,15,16)/t;4-/m.0/s1. The Bertz CT molecular complexity index is 1830. The van der Waals surface area contributed by atoms with Crippen molar-refractivity contribution in [3.63, 3.8) is 0 Å². The van der Waals surface area contributed by atoms with Gasteiger partial charge < -0.3 is 20.1 Å². The number of hydrogen-bond donors (Lipinski definition) is 2. The summed E-state index contributed by atoms with van der Waals surface area (Å²) in [7, 11) is -3.33. The fourth-order valence-corrected chi connectivity index (χ4v) is 6.56. The van der Waals surface area contributed by atoms with Gasteiger partial charge >= 0.3 is 12.1 Å². The number of hydrogen-bond acceptors (Lipinski definition) is 9. The van der Waals surface area contributed by atoms with E-state index in [1.165, 1.54) is 17.4 Å². The summed E-state index contributed by atoms with van der Waals surface area (Å²) in [6.07, 6.45) is -3.56. The third-order valence-electron chi connectivity index (χ3n) is 7.00. The number of anilines is 1. The number of alkyl halides is 3. The van der Waals surface area contributed by atoms with Crippen LogP contribution in [0.3, 0.4) is 0 Å². The van der Waals surface area contributed by atoms with Crippen molar-refractivity contribution in [2.75, 3.05) is 17.7 Å². The fraction of sp³-hybridized carbons (Fsp3) is 0.310. The molecule has 0 amide bonds. The molecule has 15 heteroatoms. The highest BCUT2D eigenvalue weighted by atomic mass is 79.9. The lowest BCUT2D eigenvalue weighted by Crippen LogP contribution is -2.34. The predicted octanol–water partition coefficient (Wildman–Crippen LogP) is 5.75. The second-order valence-corrected chi connectivity index (χ2v) is 13.5. The smallest absolute Gasteiger partial charge is 0.425 e. The summed E-state index contributed by atoms with van der Waals surface area (Å²) in [6, 6.07) is 13.0. The van der Waals surface area contributed by atoms with Crippen molar-refractivity contribution in [2.45, 2.75) is 44.9 Å². The second-order valence-electron chi connectivity index (χ2n) is 10.5. The molecule has 234 valence electrons. The maximum absolute atomic E-state index is 12.3. The van der Waals surface area contributed by atoms with Crippen LogP contribution < -0.4 is 10.5 Å². The largest absolute Gasteiger partial charge is 0.480 e. The summed E-state index contributed by atoms with van der Waals surface area (Å²) < 4.78 is 71.1. The number of nitrogens with zero attached hydrogens (tertiary/aromatic N) is 3. The number of carboxylic acids is 1. The van der Waals surface area contributed by atoms with Crippen LogP contribution in [0.2, 0.25) is 0 Å². The van der Waals surface area contributed by atoms with Crippen molar-refractivity contribution in [3.05, 3.63) is 87.2 Å². The first-order valence-corrected chi connectivity index (χ1v) is 15.9. The molecule has 2 atom stereocenters.